The monoisotopic (exact) mass is 339 g/mol. The van der Waals surface area contributed by atoms with Crippen molar-refractivity contribution in [2.45, 2.75) is 43.4 Å². The van der Waals surface area contributed by atoms with Gasteiger partial charge in [-0.05, 0) is 30.5 Å². The van der Waals surface area contributed by atoms with Crippen LogP contribution in [0.25, 0.3) is 11.2 Å². The molecule has 2 fully saturated rings. The first-order valence-electron chi connectivity index (χ1n) is 8.55. The molecule has 2 saturated heterocycles. The Hall–Kier alpha value is -2.54. The predicted molar refractivity (Wildman–Crippen MR) is 90.5 cm³/mol. The number of piperidine rings is 1. The molecular formula is C18H18FN5O. The van der Waals surface area contributed by atoms with Crippen molar-refractivity contribution in [3.8, 4) is 0 Å². The van der Waals surface area contributed by atoms with Gasteiger partial charge in [0.15, 0.2) is 11.5 Å². The first-order valence-corrected chi connectivity index (χ1v) is 8.55. The Labute approximate surface area is 143 Å². The minimum absolute atomic E-state index is 0.190. The number of hydrogen-bond acceptors (Lipinski definition) is 5. The van der Waals surface area contributed by atoms with Gasteiger partial charge in [0.25, 0.3) is 0 Å². The Bertz CT molecular complexity index is 911. The summed E-state index contributed by atoms with van der Waals surface area (Å²) in [4.78, 5) is 18.3. The Morgan fingerprint density at radius 2 is 1.80 bits per heavy atom. The van der Waals surface area contributed by atoms with Gasteiger partial charge in [-0.25, -0.2) is 19.3 Å². The molecule has 0 saturated carbocycles. The molecule has 2 unspecified atom stereocenters. The Balaban J connectivity index is 1.51. The molecule has 7 heteroatoms. The van der Waals surface area contributed by atoms with Crippen LogP contribution in [0, 0.1) is 5.82 Å². The zero-order valence-electron chi connectivity index (χ0n) is 13.6. The molecule has 2 aromatic heterocycles. The summed E-state index contributed by atoms with van der Waals surface area (Å²) in [6.07, 6.45) is 6.40. The Kier molecular flexibility index (Phi) is 3.09. The molecule has 25 heavy (non-hydrogen) atoms. The van der Waals surface area contributed by atoms with E-state index in [2.05, 4.69) is 24.8 Å². The quantitative estimate of drug-likeness (QED) is 0.750. The van der Waals surface area contributed by atoms with Crippen LogP contribution < -0.4 is 4.90 Å². The summed E-state index contributed by atoms with van der Waals surface area (Å²) in [6.45, 7) is 0. The fraction of sp³-hybridized carbons (Fsp3) is 0.389. The molecule has 2 aliphatic heterocycles. The van der Waals surface area contributed by atoms with E-state index in [1.807, 2.05) is 0 Å². The molecule has 6 nitrogen and oxygen atoms in total. The number of nitrogens with one attached hydrogen (secondary N) is 1. The van der Waals surface area contributed by atoms with E-state index in [1.54, 1.807) is 24.8 Å². The first-order chi connectivity index (χ1) is 12.1. The molecule has 128 valence electrons. The van der Waals surface area contributed by atoms with Crippen LogP contribution in [0.4, 0.5) is 10.2 Å². The fourth-order valence-electron chi connectivity index (χ4n) is 4.51. The van der Waals surface area contributed by atoms with Crippen molar-refractivity contribution < 1.29 is 9.50 Å². The number of H-pyrrole nitrogens is 1. The molecule has 5 rings (SSSR count). The summed E-state index contributed by atoms with van der Waals surface area (Å²) in [5.74, 6) is 0.575. The van der Waals surface area contributed by atoms with Gasteiger partial charge in [-0.2, -0.15) is 0 Å². The average molecular weight is 339 g/mol. The lowest BCUT2D eigenvalue weighted by molar-refractivity contribution is -0.00318. The SMILES string of the molecule is OC1(c2ccc(F)cc2)CC2CCC(C1)N2c1ncnc2nc[nH]c12. The molecule has 3 aromatic rings. The molecule has 0 radical (unpaired) electrons. The highest BCUT2D eigenvalue weighted by Gasteiger charge is 2.49. The molecule has 0 amide bonds. The van der Waals surface area contributed by atoms with Gasteiger partial charge in [0.1, 0.15) is 17.7 Å². The summed E-state index contributed by atoms with van der Waals surface area (Å²) >= 11 is 0. The van der Waals surface area contributed by atoms with Crippen molar-refractivity contribution in [1.82, 2.24) is 19.9 Å². The lowest BCUT2D eigenvalue weighted by atomic mass is 9.80. The van der Waals surface area contributed by atoms with Crippen molar-refractivity contribution in [2.24, 2.45) is 0 Å². The van der Waals surface area contributed by atoms with Crippen LogP contribution in [0.1, 0.15) is 31.2 Å². The summed E-state index contributed by atoms with van der Waals surface area (Å²) < 4.78 is 13.2. The number of imidazole rings is 1. The Morgan fingerprint density at radius 3 is 2.52 bits per heavy atom. The molecule has 4 heterocycles. The highest BCUT2D eigenvalue weighted by molar-refractivity contribution is 5.83. The number of benzene rings is 1. The van der Waals surface area contributed by atoms with Gasteiger partial charge in [0.05, 0.1) is 11.9 Å². The van der Waals surface area contributed by atoms with E-state index in [1.165, 1.54) is 12.1 Å². The summed E-state index contributed by atoms with van der Waals surface area (Å²) in [5.41, 5.74) is 1.37. The van der Waals surface area contributed by atoms with Gasteiger partial charge in [-0.15, -0.1) is 0 Å². The van der Waals surface area contributed by atoms with Gasteiger partial charge < -0.3 is 15.0 Å². The zero-order valence-corrected chi connectivity index (χ0v) is 13.6. The number of fused-ring (bicyclic) bond motifs is 3. The second kappa shape index (κ2) is 5.23. The molecule has 2 atom stereocenters. The standard InChI is InChI=1S/C18H18FN5O/c19-12-3-1-11(2-4-12)18(25)7-13-5-6-14(8-18)24(13)17-15-16(21-9-20-15)22-10-23-17/h1-4,9-10,13-14,25H,5-8H2,(H,20,21,22,23). The average Bonchev–Trinajstić information content (AvgIpc) is 3.18. The third-order valence-electron chi connectivity index (χ3n) is 5.60. The largest absolute Gasteiger partial charge is 0.385 e. The number of aliphatic hydroxyl groups is 1. The van der Waals surface area contributed by atoms with Gasteiger partial charge >= 0.3 is 0 Å². The van der Waals surface area contributed by atoms with Crippen molar-refractivity contribution in [2.75, 3.05) is 4.90 Å². The highest BCUT2D eigenvalue weighted by atomic mass is 19.1. The summed E-state index contributed by atoms with van der Waals surface area (Å²) in [5, 5.41) is 11.3. The minimum Gasteiger partial charge on any atom is -0.385 e. The van der Waals surface area contributed by atoms with Crippen LogP contribution >= 0.6 is 0 Å². The maximum atomic E-state index is 13.2. The summed E-state index contributed by atoms with van der Waals surface area (Å²) in [6, 6.07) is 6.61. The van der Waals surface area contributed by atoms with Crippen LogP contribution in [0.2, 0.25) is 0 Å². The molecule has 2 aliphatic rings. The number of hydrogen-bond donors (Lipinski definition) is 2. The number of nitrogens with zero attached hydrogens (tertiary/aromatic N) is 4. The van der Waals surface area contributed by atoms with Crippen molar-refractivity contribution in [1.29, 1.82) is 0 Å². The van der Waals surface area contributed by atoms with Crippen LogP contribution in [0.3, 0.4) is 0 Å². The van der Waals surface area contributed by atoms with Crippen LogP contribution in [-0.4, -0.2) is 37.1 Å². The number of halogens is 1. The third-order valence-corrected chi connectivity index (χ3v) is 5.60. The second-order valence-corrected chi connectivity index (χ2v) is 7.04. The lowest BCUT2D eigenvalue weighted by Crippen LogP contribution is -2.50. The molecule has 2 N–H and O–H groups in total. The normalized spacial score (nSPS) is 28.6. The number of aromatic amines is 1. The molecule has 2 bridgehead atoms. The van der Waals surface area contributed by atoms with E-state index in [9.17, 15) is 9.50 Å². The third kappa shape index (κ3) is 2.22. The predicted octanol–water partition coefficient (Wildman–Crippen LogP) is 2.51. The number of rotatable bonds is 2. The van der Waals surface area contributed by atoms with Gasteiger partial charge in [0, 0.05) is 24.9 Å². The maximum Gasteiger partial charge on any atom is 0.182 e. The lowest BCUT2D eigenvalue weighted by Gasteiger charge is -2.44. The van der Waals surface area contributed by atoms with E-state index in [-0.39, 0.29) is 17.9 Å². The second-order valence-electron chi connectivity index (χ2n) is 7.04. The van der Waals surface area contributed by atoms with E-state index in [0.717, 1.165) is 29.7 Å². The van der Waals surface area contributed by atoms with Crippen molar-refractivity contribution in [3.63, 3.8) is 0 Å². The van der Waals surface area contributed by atoms with Gasteiger partial charge in [-0.3, -0.25) is 0 Å². The topological polar surface area (TPSA) is 77.9 Å². The van der Waals surface area contributed by atoms with Gasteiger partial charge in [0.2, 0.25) is 0 Å². The van der Waals surface area contributed by atoms with Crippen LogP contribution in [0.15, 0.2) is 36.9 Å². The van der Waals surface area contributed by atoms with Crippen LogP contribution in [0.5, 0.6) is 0 Å². The molecule has 0 spiro atoms. The highest BCUT2D eigenvalue weighted by Crippen LogP contribution is 2.47. The van der Waals surface area contributed by atoms with Crippen molar-refractivity contribution in [3.05, 3.63) is 48.3 Å². The van der Waals surface area contributed by atoms with E-state index in [4.69, 9.17) is 0 Å². The number of aromatic nitrogens is 4. The Morgan fingerprint density at radius 1 is 1.08 bits per heavy atom. The fourth-order valence-corrected chi connectivity index (χ4v) is 4.51. The molecule has 1 aromatic carbocycles. The van der Waals surface area contributed by atoms with E-state index in [0.29, 0.717) is 18.5 Å². The van der Waals surface area contributed by atoms with E-state index >= 15 is 0 Å². The van der Waals surface area contributed by atoms with Gasteiger partial charge in [-0.1, -0.05) is 12.1 Å². The molecule has 0 aliphatic carbocycles. The first kappa shape index (κ1) is 14.8. The number of anilines is 1. The smallest absolute Gasteiger partial charge is 0.182 e. The van der Waals surface area contributed by atoms with Crippen LogP contribution in [-0.2, 0) is 5.60 Å². The molecular weight excluding hydrogens is 321 g/mol. The zero-order chi connectivity index (χ0) is 17.0. The van der Waals surface area contributed by atoms with Crippen molar-refractivity contribution >= 4 is 17.0 Å². The maximum absolute atomic E-state index is 13.2. The minimum atomic E-state index is -0.920. The van der Waals surface area contributed by atoms with E-state index < -0.39 is 5.60 Å². The summed E-state index contributed by atoms with van der Waals surface area (Å²) in [7, 11) is 0.